The van der Waals surface area contributed by atoms with Gasteiger partial charge in [-0.15, -0.1) is 0 Å². The average Bonchev–Trinajstić information content (AvgIpc) is 0.811. The lowest BCUT2D eigenvalue weighted by Crippen LogP contribution is -1.74. The van der Waals surface area contributed by atoms with Gasteiger partial charge in [0, 0.05) is 0 Å². The van der Waals surface area contributed by atoms with Gasteiger partial charge in [-0.3, -0.25) is 0 Å². The summed E-state index contributed by atoms with van der Waals surface area (Å²) in [7, 11) is 0. The van der Waals surface area contributed by atoms with Crippen LogP contribution < -0.4 is 6.15 Å². The normalized spacial score (nSPS) is 4.00. The van der Waals surface area contributed by atoms with Crippen molar-refractivity contribution in [2.75, 3.05) is 0 Å². The minimum absolute atomic E-state index is 0. The third-order valence-corrected chi connectivity index (χ3v) is 0. The molecule has 0 rings (SSSR count). The van der Waals surface area contributed by atoms with E-state index >= 15 is 0 Å². The fraction of sp³-hybridized carbons (Fsp3) is 0. The Morgan fingerprint density at radius 1 is 1.33 bits per heavy atom. The first-order chi connectivity index (χ1) is 1.73. The Bertz CT molecular complexity index is 28.5. The molecule has 0 aromatic rings. The molecule has 6 N–H and O–H groups in total. The van der Waals surface area contributed by atoms with Crippen molar-refractivity contribution in [3.8, 4) is 0 Å². The van der Waals surface area contributed by atoms with Crippen molar-refractivity contribution in [1.82, 2.24) is 6.15 Å². The van der Waals surface area contributed by atoms with Gasteiger partial charge in [-0.1, -0.05) is 0 Å². The molecule has 6 heteroatoms. The van der Waals surface area contributed by atoms with Crippen LogP contribution in [-0.2, 0) is 0 Å². The third-order valence-electron chi connectivity index (χ3n) is 0. The number of nitrogens with zero attached hydrogens (tertiary/aromatic N) is 1. The lowest BCUT2D eigenvalue weighted by atomic mass is 13.1. The topological polar surface area (TPSA) is 134 Å². The van der Waals surface area contributed by atoms with Gasteiger partial charge in [-0.05, 0) is 0 Å². The van der Waals surface area contributed by atoms with E-state index in [1.807, 2.05) is 0 Å². The molecule has 0 radical (unpaired) electrons. The summed E-state index contributed by atoms with van der Waals surface area (Å²) in [6, 6.07) is 0. The van der Waals surface area contributed by atoms with Crippen LogP contribution >= 0.6 is 0 Å². The Morgan fingerprint density at radius 3 is 1.33 bits per heavy atom. The van der Waals surface area contributed by atoms with Crippen LogP contribution in [0.15, 0.2) is 0 Å². The maximum absolute atomic E-state index is 8.25. The number of hydrogen-bond acceptors (Lipinski definition) is 3. The zero-order chi connectivity index (χ0) is 3.58. The Labute approximate surface area is 33.4 Å². The predicted molar refractivity (Wildman–Crippen MR) is 20.0 cm³/mol. The molecule has 0 aliphatic rings. The Hall–Kier alpha value is -0.880. The molecule has 0 aromatic carbocycles. The molecule has 0 unspecified atom stereocenters. The second-order valence-corrected chi connectivity index (χ2v) is 0.224. The van der Waals surface area contributed by atoms with E-state index < -0.39 is 5.09 Å². The van der Waals surface area contributed by atoms with Crippen LogP contribution in [0.4, 0.5) is 0 Å². The van der Waals surface area contributed by atoms with Crippen LogP contribution in [0, 0.1) is 15.3 Å². The smallest absolute Gasteiger partial charge is 0.0689 e. The van der Waals surface area contributed by atoms with Gasteiger partial charge in [0.25, 0.3) is 0 Å². The lowest BCUT2D eigenvalue weighted by Gasteiger charge is -1.74. The summed E-state index contributed by atoms with van der Waals surface area (Å²) in [6.07, 6.45) is 0. The first-order valence-electron chi connectivity index (χ1n) is 0.548. The fourth-order valence-corrected chi connectivity index (χ4v) is 0. The molecule has 0 bridgehead atoms. The average molecular weight is 98.1 g/mol. The van der Waals surface area contributed by atoms with Gasteiger partial charge in [-0.25, -0.2) is 0 Å². The standard InChI is InChI=1S/NO3.H3N.H2O/c2-1(3)4;;/h;1H3;1H2/q-1;;/p+1. The molecule has 0 saturated carbocycles. The summed E-state index contributed by atoms with van der Waals surface area (Å²) in [5.41, 5.74) is 0. The SMILES string of the molecule is O.O=[N+]([O-])[O-].[NH4+]. The van der Waals surface area contributed by atoms with Gasteiger partial charge >= 0.3 is 0 Å². The van der Waals surface area contributed by atoms with Gasteiger partial charge in [-0.2, -0.15) is 0 Å². The molecule has 0 fully saturated rings. The van der Waals surface area contributed by atoms with E-state index in [4.69, 9.17) is 15.3 Å². The van der Waals surface area contributed by atoms with Crippen molar-refractivity contribution < 1.29 is 10.6 Å². The van der Waals surface area contributed by atoms with Crippen LogP contribution in [0.2, 0.25) is 0 Å². The van der Waals surface area contributed by atoms with Crippen molar-refractivity contribution in [2.24, 2.45) is 0 Å². The highest BCUT2D eigenvalue weighted by Crippen LogP contribution is 1.44. The van der Waals surface area contributed by atoms with Gasteiger partial charge < -0.3 is 26.9 Å². The second-order valence-electron chi connectivity index (χ2n) is 0.224. The Morgan fingerprint density at radius 2 is 1.33 bits per heavy atom. The minimum atomic E-state index is -1.75. The molecule has 0 aromatic heterocycles. The molecule has 0 aliphatic heterocycles. The molecule has 0 atom stereocenters. The first-order valence-corrected chi connectivity index (χ1v) is 0.548. The van der Waals surface area contributed by atoms with E-state index in [-0.39, 0.29) is 11.6 Å². The van der Waals surface area contributed by atoms with Gasteiger partial charge in [0.15, 0.2) is 0 Å². The third kappa shape index (κ3) is 18.1. The van der Waals surface area contributed by atoms with Crippen molar-refractivity contribution in [3.63, 3.8) is 0 Å². The van der Waals surface area contributed by atoms with Crippen molar-refractivity contribution in [2.45, 2.75) is 0 Å². The van der Waals surface area contributed by atoms with Gasteiger partial charge in [0.1, 0.15) is 0 Å². The first kappa shape index (κ1) is 19.3. The van der Waals surface area contributed by atoms with E-state index in [9.17, 15) is 0 Å². The van der Waals surface area contributed by atoms with Crippen molar-refractivity contribution in [3.05, 3.63) is 15.3 Å². The summed E-state index contributed by atoms with van der Waals surface area (Å²) in [4.78, 5) is 8.25. The van der Waals surface area contributed by atoms with Crippen LogP contribution in [0.25, 0.3) is 0 Å². The molecule has 0 aliphatic carbocycles. The number of rotatable bonds is 0. The molecule has 0 heterocycles. The maximum atomic E-state index is 8.25. The second kappa shape index (κ2) is 8.92. The van der Waals surface area contributed by atoms with Gasteiger partial charge in [0.05, 0.1) is 5.09 Å². The Balaban J connectivity index is -0.0000000450. The van der Waals surface area contributed by atoms with E-state index in [1.165, 1.54) is 0 Å². The summed E-state index contributed by atoms with van der Waals surface area (Å²) in [6.45, 7) is 0. The molecule has 0 amide bonds. The van der Waals surface area contributed by atoms with Crippen LogP contribution in [0.1, 0.15) is 0 Å². The van der Waals surface area contributed by atoms with E-state index in [1.54, 1.807) is 0 Å². The van der Waals surface area contributed by atoms with Gasteiger partial charge in [0.2, 0.25) is 0 Å². The van der Waals surface area contributed by atoms with Crippen LogP contribution in [0.5, 0.6) is 0 Å². The van der Waals surface area contributed by atoms with E-state index in [0.29, 0.717) is 0 Å². The maximum Gasteiger partial charge on any atom is 0.0689 e. The highest BCUT2D eigenvalue weighted by molar-refractivity contribution is 4.03. The molecule has 0 saturated heterocycles. The molecule has 40 valence electrons. The summed E-state index contributed by atoms with van der Waals surface area (Å²) >= 11 is 0. The molecular weight excluding hydrogens is 92.0 g/mol. The van der Waals surface area contributed by atoms with E-state index in [0.717, 1.165) is 0 Å². The summed E-state index contributed by atoms with van der Waals surface area (Å²) in [5.74, 6) is 0. The molecule has 6 nitrogen and oxygen atoms in total. The number of hydrogen-bond donors (Lipinski definition) is 1. The largest absolute Gasteiger partial charge is 0.412 e. The van der Waals surface area contributed by atoms with Crippen LogP contribution in [0.3, 0.4) is 0 Å². The summed E-state index contributed by atoms with van der Waals surface area (Å²) in [5, 5.41) is 14.8. The molecular formula is H6N2O4. The van der Waals surface area contributed by atoms with Crippen LogP contribution in [-0.4, -0.2) is 10.6 Å². The van der Waals surface area contributed by atoms with Crippen molar-refractivity contribution >= 4 is 0 Å². The predicted octanol–water partition coefficient (Wildman–Crippen LogP) is -0.688. The highest BCUT2D eigenvalue weighted by atomic mass is 16.9. The fourth-order valence-electron chi connectivity index (χ4n) is 0. The Kier molecular flexibility index (Phi) is 28.8. The molecule has 0 spiro atoms. The zero-order valence-corrected chi connectivity index (χ0v) is 3.17. The van der Waals surface area contributed by atoms with E-state index in [2.05, 4.69) is 0 Å². The summed E-state index contributed by atoms with van der Waals surface area (Å²) < 4.78 is 0. The zero-order valence-electron chi connectivity index (χ0n) is 3.17. The monoisotopic (exact) mass is 98.0 g/mol. The highest BCUT2D eigenvalue weighted by Gasteiger charge is 1.45. The number of quaternary nitrogens is 1. The minimum Gasteiger partial charge on any atom is -0.412 e. The van der Waals surface area contributed by atoms with Crippen molar-refractivity contribution in [1.29, 1.82) is 0 Å². The lowest BCUT2D eigenvalue weighted by molar-refractivity contribution is -0.402. The quantitative estimate of drug-likeness (QED) is 0.317. The molecule has 6 heavy (non-hydrogen) atoms.